The Hall–Kier alpha value is -2.64. The summed E-state index contributed by atoms with van der Waals surface area (Å²) >= 11 is 7.05. The van der Waals surface area contributed by atoms with E-state index in [0.717, 1.165) is 35.1 Å². The molecule has 3 rings (SSSR count). The molecule has 0 aliphatic rings. The van der Waals surface area contributed by atoms with Gasteiger partial charge in [-0.15, -0.1) is 11.3 Å². The van der Waals surface area contributed by atoms with Crippen molar-refractivity contribution in [2.24, 2.45) is 0 Å². The monoisotopic (exact) mass is 407 g/mol. The van der Waals surface area contributed by atoms with Crippen molar-refractivity contribution in [1.82, 2.24) is 4.98 Å². The Morgan fingerprint density at radius 2 is 1.96 bits per heavy atom. The molecule has 138 valence electrons. The van der Waals surface area contributed by atoms with E-state index in [0.29, 0.717) is 15.7 Å². The lowest BCUT2D eigenvalue weighted by Crippen LogP contribution is -2.15. The summed E-state index contributed by atoms with van der Waals surface area (Å²) in [5.41, 5.74) is 0.709. The van der Waals surface area contributed by atoms with E-state index >= 15 is 0 Å². The first-order chi connectivity index (χ1) is 12.8. The SMILES string of the molecule is Cc1nc(-c2cccc(Cl)c2)sc1C(=O)OCC(=O)c1cc(F)ccc1F. The van der Waals surface area contributed by atoms with Crippen LogP contribution in [0.15, 0.2) is 42.5 Å². The first-order valence-corrected chi connectivity index (χ1v) is 8.93. The average Bonchev–Trinajstić information content (AvgIpc) is 3.03. The molecule has 3 aromatic rings. The third-order valence-corrected chi connectivity index (χ3v) is 5.04. The Morgan fingerprint density at radius 3 is 2.70 bits per heavy atom. The third-order valence-electron chi connectivity index (χ3n) is 3.62. The van der Waals surface area contributed by atoms with Gasteiger partial charge in [-0.3, -0.25) is 4.79 Å². The Bertz CT molecular complexity index is 1040. The first-order valence-electron chi connectivity index (χ1n) is 7.74. The van der Waals surface area contributed by atoms with Crippen molar-refractivity contribution in [2.75, 3.05) is 6.61 Å². The zero-order valence-electron chi connectivity index (χ0n) is 14.0. The third kappa shape index (κ3) is 4.37. The molecule has 1 aromatic heterocycles. The van der Waals surface area contributed by atoms with E-state index in [2.05, 4.69) is 4.98 Å². The fraction of sp³-hybridized carbons (Fsp3) is 0.105. The summed E-state index contributed by atoms with van der Waals surface area (Å²) in [7, 11) is 0. The molecule has 2 aromatic carbocycles. The fourth-order valence-corrected chi connectivity index (χ4v) is 3.46. The van der Waals surface area contributed by atoms with E-state index < -0.39 is 35.6 Å². The quantitative estimate of drug-likeness (QED) is 0.436. The Kier molecular flexibility index (Phi) is 5.62. The van der Waals surface area contributed by atoms with Crippen LogP contribution in [0.1, 0.15) is 25.7 Å². The number of benzene rings is 2. The van der Waals surface area contributed by atoms with E-state index in [4.69, 9.17) is 16.3 Å². The summed E-state index contributed by atoms with van der Waals surface area (Å²) in [6.07, 6.45) is 0. The highest BCUT2D eigenvalue weighted by Crippen LogP contribution is 2.30. The zero-order chi connectivity index (χ0) is 19.6. The van der Waals surface area contributed by atoms with Crippen LogP contribution in [-0.4, -0.2) is 23.3 Å². The molecular weight excluding hydrogens is 396 g/mol. The minimum Gasteiger partial charge on any atom is -0.453 e. The van der Waals surface area contributed by atoms with Crippen molar-refractivity contribution in [2.45, 2.75) is 6.92 Å². The van der Waals surface area contributed by atoms with Gasteiger partial charge in [0.25, 0.3) is 0 Å². The maximum atomic E-state index is 13.6. The Balaban J connectivity index is 1.73. The predicted octanol–water partition coefficient (Wildman–Crippen LogP) is 5.09. The molecule has 0 saturated carbocycles. The normalized spacial score (nSPS) is 10.7. The largest absolute Gasteiger partial charge is 0.453 e. The van der Waals surface area contributed by atoms with Crippen LogP contribution in [0.25, 0.3) is 10.6 Å². The van der Waals surface area contributed by atoms with Gasteiger partial charge in [0.2, 0.25) is 5.78 Å². The highest BCUT2D eigenvalue weighted by molar-refractivity contribution is 7.17. The van der Waals surface area contributed by atoms with Crippen molar-refractivity contribution in [3.8, 4) is 10.6 Å². The van der Waals surface area contributed by atoms with Gasteiger partial charge in [-0.2, -0.15) is 0 Å². The second kappa shape index (κ2) is 7.94. The zero-order valence-corrected chi connectivity index (χ0v) is 15.5. The number of nitrogens with zero attached hydrogens (tertiary/aromatic N) is 1. The van der Waals surface area contributed by atoms with Crippen LogP contribution < -0.4 is 0 Å². The number of thiazole rings is 1. The summed E-state index contributed by atoms with van der Waals surface area (Å²) in [5.74, 6) is -3.23. The minimum absolute atomic E-state index is 0.220. The smallest absolute Gasteiger partial charge is 0.350 e. The molecule has 8 heteroatoms. The van der Waals surface area contributed by atoms with Crippen molar-refractivity contribution in [3.63, 3.8) is 0 Å². The molecule has 0 aliphatic carbocycles. The molecule has 0 unspecified atom stereocenters. The van der Waals surface area contributed by atoms with Gasteiger partial charge in [0.05, 0.1) is 11.3 Å². The molecule has 0 bridgehead atoms. The molecular formula is C19H12ClF2NO3S. The van der Waals surface area contributed by atoms with Gasteiger partial charge < -0.3 is 4.74 Å². The lowest BCUT2D eigenvalue weighted by molar-refractivity contribution is 0.0477. The molecule has 1 heterocycles. The van der Waals surface area contributed by atoms with E-state index in [1.165, 1.54) is 0 Å². The Labute approximate surface area is 162 Å². The lowest BCUT2D eigenvalue weighted by Gasteiger charge is -2.04. The van der Waals surface area contributed by atoms with Crippen molar-refractivity contribution in [3.05, 3.63) is 75.3 Å². The van der Waals surface area contributed by atoms with Gasteiger partial charge in [0.1, 0.15) is 21.5 Å². The van der Waals surface area contributed by atoms with Crippen LogP contribution in [0.2, 0.25) is 5.02 Å². The van der Waals surface area contributed by atoms with Crippen LogP contribution in [0, 0.1) is 18.6 Å². The first kappa shape index (κ1) is 19.1. The number of rotatable bonds is 5. The van der Waals surface area contributed by atoms with Gasteiger partial charge >= 0.3 is 5.97 Å². The van der Waals surface area contributed by atoms with Crippen LogP contribution in [0.3, 0.4) is 0 Å². The van der Waals surface area contributed by atoms with E-state index in [1.54, 1.807) is 31.2 Å². The van der Waals surface area contributed by atoms with Gasteiger partial charge in [0.15, 0.2) is 6.61 Å². The summed E-state index contributed by atoms with van der Waals surface area (Å²) < 4.78 is 31.7. The molecule has 0 aliphatic heterocycles. The number of carbonyl (C=O) groups excluding carboxylic acids is 2. The summed E-state index contributed by atoms with van der Waals surface area (Å²) in [6, 6.07) is 9.50. The molecule has 0 atom stereocenters. The number of hydrogen-bond donors (Lipinski definition) is 0. The summed E-state index contributed by atoms with van der Waals surface area (Å²) in [6.45, 7) is 0.929. The summed E-state index contributed by atoms with van der Waals surface area (Å²) in [5, 5.41) is 1.11. The molecule has 0 radical (unpaired) electrons. The minimum atomic E-state index is -0.880. The predicted molar refractivity (Wildman–Crippen MR) is 98.3 cm³/mol. The molecule has 0 fully saturated rings. The number of aryl methyl sites for hydroxylation is 1. The van der Waals surface area contributed by atoms with Crippen molar-refractivity contribution in [1.29, 1.82) is 0 Å². The fourth-order valence-electron chi connectivity index (χ4n) is 2.32. The molecule has 0 saturated heterocycles. The van der Waals surface area contributed by atoms with E-state index in [9.17, 15) is 18.4 Å². The maximum Gasteiger partial charge on any atom is 0.350 e. The number of aromatic nitrogens is 1. The lowest BCUT2D eigenvalue weighted by atomic mass is 10.1. The summed E-state index contributed by atoms with van der Waals surface area (Å²) in [4.78, 5) is 28.8. The molecule has 4 nitrogen and oxygen atoms in total. The Morgan fingerprint density at radius 1 is 1.19 bits per heavy atom. The van der Waals surface area contributed by atoms with Gasteiger partial charge in [-0.05, 0) is 37.3 Å². The molecule has 0 N–H and O–H groups in total. The second-order valence-electron chi connectivity index (χ2n) is 5.57. The van der Waals surface area contributed by atoms with Crippen molar-refractivity contribution < 1.29 is 23.1 Å². The van der Waals surface area contributed by atoms with E-state index in [1.807, 2.05) is 0 Å². The standard InChI is InChI=1S/C19H12ClF2NO3S/c1-10-17(27-18(23-10)11-3-2-4-12(20)7-11)19(25)26-9-16(24)14-8-13(21)5-6-15(14)22/h2-8H,9H2,1H3. The average molecular weight is 408 g/mol. The highest BCUT2D eigenvalue weighted by atomic mass is 35.5. The molecule has 27 heavy (non-hydrogen) atoms. The van der Waals surface area contributed by atoms with Gasteiger partial charge in [0, 0.05) is 10.6 Å². The van der Waals surface area contributed by atoms with E-state index in [-0.39, 0.29) is 4.88 Å². The van der Waals surface area contributed by atoms with Crippen LogP contribution in [0.5, 0.6) is 0 Å². The van der Waals surface area contributed by atoms with Gasteiger partial charge in [-0.25, -0.2) is 18.6 Å². The number of esters is 1. The number of ketones is 1. The maximum absolute atomic E-state index is 13.6. The second-order valence-corrected chi connectivity index (χ2v) is 7.00. The van der Waals surface area contributed by atoms with Gasteiger partial charge in [-0.1, -0.05) is 23.7 Å². The van der Waals surface area contributed by atoms with Crippen LogP contribution in [-0.2, 0) is 4.74 Å². The number of halogens is 3. The van der Waals surface area contributed by atoms with Crippen LogP contribution in [0.4, 0.5) is 8.78 Å². The number of carbonyl (C=O) groups is 2. The number of hydrogen-bond acceptors (Lipinski definition) is 5. The van der Waals surface area contributed by atoms with Crippen LogP contribution >= 0.6 is 22.9 Å². The molecule has 0 amide bonds. The molecule has 0 spiro atoms. The highest BCUT2D eigenvalue weighted by Gasteiger charge is 2.20. The number of Topliss-reactive ketones (excluding diaryl/α,β-unsaturated/α-hetero) is 1. The topological polar surface area (TPSA) is 56.3 Å². The van der Waals surface area contributed by atoms with Crippen molar-refractivity contribution >= 4 is 34.7 Å². The number of ether oxygens (including phenoxy) is 1.